The maximum atomic E-state index is 13.0. The zero-order valence-corrected chi connectivity index (χ0v) is 10.5. The molecule has 0 aliphatic rings. The largest absolute Gasteiger partial charge is 0.396 e. The van der Waals surface area contributed by atoms with E-state index < -0.39 is 15.8 Å². The standard InChI is InChI=1S/C11H15FN2O3S/c1-2-5-14(6-7-15)18(16,17)9-3-4-10(12)11(13)8-9/h2-4,8,15H,1,5-7,13H2. The van der Waals surface area contributed by atoms with Gasteiger partial charge in [0.25, 0.3) is 0 Å². The van der Waals surface area contributed by atoms with Crippen LogP contribution in [0, 0.1) is 5.82 Å². The van der Waals surface area contributed by atoms with Crippen LogP contribution >= 0.6 is 0 Å². The highest BCUT2D eigenvalue weighted by Gasteiger charge is 2.23. The lowest BCUT2D eigenvalue weighted by molar-refractivity contribution is 0.260. The van der Waals surface area contributed by atoms with Crippen molar-refractivity contribution in [1.29, 1.82) is 0 Å². The number of rotatable bonds is 6. The first kappa shape index (κ1) is 14.6. The minimum absolute atomic E-state index is 0.0557. The normalized spacial score (nSPS) is 11.7. The van der Waals surface area contributed by atoms with Crippen LogP contribution < -0.4 is 5.73 Å². The van der Waals surface area contributed by atoms with Crippen molar-refractivity contribution >= 4 is 15.7 Å². The molecule has 0 spiro atoms. The Kier molecular flexibility index (Phi) is 4.83. The molecule has 7 heteroatoms. The number of halogens is 1. The molecule has 1 aromatic carbocycles. The van der Waals surface area contributed by atoms with Crippen molar-refractivity contribution in [2.75, 3.05) is 25.4 Å². The van der Waals surface area contributed by atoms with Gasteiger partial charge in [0, 0.05) is 13.1 Å². The van der Waals surface area contributed by atoms with Gasteiger partial charge in [-0.25, -0.2) is 12.8 Å². The molecule has 1 rings (SSSR count). The lowest BCUT2D eigenvalue weighted by Gasteiger charge is -2.19. The van der Waals surface area contributed by atoms with E-state index in [0.717, 1.165) is 22.5 Å². The fourth-order valence-corrected chi connectivity index (χ4v) is 2.83. The Balaban J connectivity index is 3.17. The minimum atomic E-state index is -3.81. The number of nitrogens with two attached hydrogens (primary N) is 1. The van der Waals surface area contributed by atoms with Crippen LogP contribution in [0.1, 0.15) is 0 Å². The molecule has 0 saturated heterocycles. The molecule has 0 aliphatic heterocycles. The van der Waals surface area contributed by atoms with Gasteiger partial charge >= 0.3 is 0 Å². The Hall–Kier alpha value is -1.44. The molecule has 0 aliphatic carbocycles. The second kappa shape index (κ2) is 5.94. The number of hydrogen-bond donors (Lipinski definition) is 2. The van der Waals surface area contributed by atoms with Gasteiger partial charge in [-0.1, -0.05) is 6.08 Å². The van der Waals surface area contributed by atoms with E-state index in [-0.39, 0.29) is 30.3 Å². The zero-order chi connectivity index (χ0) is 13.8. The summed E-state index contributed by atoms with van der Waals surface area (Å²) in [6.07, 6.45) is 1.40. The van der Waals surface area contributed by atoms with Crippen LogP contribution in [0.2, 0.25) is 0 Å². The fourth-order valence-electron chi connectivity index (χ4n) is 1.40. The average molecular weight is 274 g/mol. The molecular weight excluding hydrogens is 259 g/mol. The van der Waals surface area contributed by atoms with E-state index in [4.69, 9.17) is 10.8 Å². The molecule has 0 aromatic heterocycles. The van der Waals surface area contributed by atoms with E-state index in [2.05, 4.69) is 6.58 Å². The molecular formula is C11H15FN2O3S. The van der Waals surface area contributed by atoms with E-state index in [1.54, 1.807) is 0 Å². The molecule has 100 valence electrons. The molecule has 0 unspecified atom stereocenters. The third kappa shape index (κ3) is 3.06. The van der Waals surface area contributed by atoms with Gasteiger partial charge in [-0.05, 0) is 18.2 Å². The number of aliphatic hydroxyl groups is 1. The smallest absolute Gasteiger partial charge is 0.243 e. The third-order valence-corrected chi connectivity index (χ3v) is 4.15. The molecule has 0 amide bonds. The predicted octanol–water partition coefficient (Wildman–Crippen LogP) is 0.577. The Morgan fingerprint density at radius 3 is 2.67 bits per heavy atom. The summed E-state index contributed by atoms with van der Waals surface area (Å²) in [6.45, 7) is 3.13. The van der Waals surface area contributed by atoms with Crippen molar-refractivity contribution in [2.45, 2.75) is 4.90 Å². The van der Waals surface area contributed by atoms with Gasteiger partial charge < -0.3 is 10.8 Å². The van der Waals surface area contributed by atoms with Gasteiger partial charge in [-0.15, -0.1) is 6.58 Å². The minimum Gasteiger partial charge on any atom is -0.396 e. The first-order chi connectivity index (χ1) is 8.43. The molecule has 0 heterocycles. The Morgan fingerprint density at radius 1 is 1.50 bits per heavy atom. The van der Waals surface area contributed by atoms with Crippen molar-refractivity contribution in [2.24, 2.45) is 0 Å². The van der Waals surface area contributed by atoms with Gasteiger partial charge in [0.2, 0.25) is 10.0 Å². The van der Waals surface area contributed by atoms with E-state index in [9.17, 15) is 12.8 Å². The molecule has 0 fully saturated rings. The Bertz CT molecular complexity index is 531. The summed E-state index contributed by atoms with van der Waals surface area (Å²) in [7, 11) is -3.81. The van der Waals surface area contributed by atoms with Crippen LogP contribution in [-0.2, 0) is 10.0 Å². The fraction of sp³-hybridized carbons (Fsp3) is 0.273. The Labute approximate surface area is 105 Å². The number of benzene rings is 1. The molecule has 18 heavy (non-hydrogen) atoms. The monoisotopic (exact) mass is 274 g/mol. The summed E-state index contributed by atoms with van der Waals surface area (Å²) in [4.78, 5) is -0.114. The molecule has 5 nitrogen and oxygen atoms in total. The topological polar surface area (TPSA) is 83.6 Å². The van der Waals surface area contributed by atoms with Gasteiger partial charge in [0.05, 0.1) is 17.2 Å². The molecule has 0 bridgehead atoms. The van der Waals surface area contributed by atoms with Crippen molar-refractivity contribution in [1.82, 2.24) is 4.31 Å². The van der Waals surface area contributed by atoms with Crippen LogP contribution in [0.15, 0.2) is 35.7 Å². The van der Waals surface area contributed by atoms with Crippen molar-refractivity contribution in [3.8, 4) is 0 Å². The first-order valence-corrected chi connectivity index (χ1v) is 6.64. The molecule has 0 radical (unpaired) electrons. The summed E-state index contributed by atoms with van der Waals surface area (Å²) in [6, 6.07) is 3.18. The number of sulfonamides is 1. The van der Waals surface area contributed by atoms with Crippen LogP contribution in [0.3, 0.4) is 0 Å². The van der Waals surface area contributed by atoms with Gasteiger partial charge in [-0.3, -0.25) is 0 Å². The molecule has 0 atom stereocenters. The van der Waals surface area contributed by atoms with E-state index in [0.29, 0.717) is 0 Å². The lowest BCUT2D eigenvalue weighted by atomic mass is 10.3. The second-order valence-electron chi connectivity index (χ2n) is 3.56. The van der Waals surface area contributed by atoms with Crippen LogP contribution in [0.4, 0.5) is 10.1 Å². The number of nitrogens with zero attached hydrogens (tertiary/aromatic N) is 1. The summed E-state index contributed by atoms with van der Waals surface area (Å²) in [5, 5.41) is 8.85. The molecule has 1 aromatic rings. The maximum Gasteiger partial charge on any atom is 0.243 e. The summed E-state index contributed by atoms with van der Waals surface area (Å²) < 4.78 is 38.4. The first-order valence-electron chi connectivity index (χ1n) is 5.20. The predicted molar refractivity (Wildman–Crippen MR) is 66.9 cm³/mol. The van der Waals surface area contributed by atoms with Gasteiger partial charge in [0.1, 0.15) is 5.82 Å². The highest BCUT2D eigenvalue weighted by molar-refractivity contribution is 7.89. The highest BCUT2D eigenvalue weighted by atomic mass is 32.2. The third-order valence-electron chi connectivity index (χ3n) is 2.29. The van der Waals surface area contributed by atoms with Crippen LogP contribution in [0.5, 0.6) is 0 Å². The van der Waals surface area contributed by atoms with E-state index in [1.807, 2.05) is 0 Å². The van der Waals surface area contributed by atoms with E-state index in [1.165, 1.54) is 6.08 Å². The summed E-state index contributed by atoms with van der Waals surface area (Å²) in [5.41, 5.74) is 5.10. The van der Waals surface area contributed by atoms with Crippen molar-refractivity contribution < 1.29 is 17.9 Å². The maximum absolute atomic E-state index is 13.0. The van der Waals surface area contributed by atoms with Crippen LogP contribution in [-0.4, -0.2) is 37.5 Å². The molecule has 3 N–H and O–H groups in total. The lowest BCUT2D eigenvalue weighted by Crippen LogP contribution is -2.33. The zero-order valence-electron chi connectivity index (χ0n) is 9.71. The molecule has 0 saturated carbocycles. The Morgan fingerprint density at radius 2 is 2.17 bits per heavy atom. The SMILES string of the molecule is C=CCN(CCO)S(=O)(=O)c1ccc(F)c(N)c1. The summed E-state index contributed by atoms with van der Waals surface area (Å²) in [5.74, 6) is -0.675. The second-order valence-corrected chi connectivity index (χ2v) is 5.50. The summed E-state index contributed by atoms with van der Waals surface area (Å²) >= 11 is 0. The number of hydrogen-bond acceptors (Lipinski definition) is 4. The van der Waals surface area contributed by atoms with Crippen molar-refractivity contribution in [3.63, 3.8) is 0 Å². The van der Waals surface area contributed by atoms with Crippen molar-refractivity contribution in [3.05, 3.63) is 36.7 Å². The number of aliphatic hydroxyl groups excluding tert-OH is 1. The van der Waals surface area contributed by atoms with Gasteiger partial charge in [0.15, 0.2) is 0 Å². The quantitative estimate of drug-likeness (QED) is 0.587. The number of anilines is 1. The number of nitrogen functional groups attached to an aromatic ring is 1. The average Bonchev–Trinajstić information content (AvgIpc) is 2.32. The van der Waals surface area contributed by atoms with E-state index >= 15 is 0 Å². The van der Waals surface area contributed by atoms with Crippen LogP contribution in [0.25, 0.3) is 0 Å². The highest BCUT2D eigenvalue weighted by Crippen LogP contribution is 2.20. The van der Waals surface area contributed by atoms with Gasteiger partial charge in [-0.2, -0.15) is 4.31 Å².